The normalized spacial score (nSPS) is 11.5. The highest BCUT2D eigenvalue weighted by molar-refractivity contribution is 7.14. The fraction of sp³-hybridized carbons (Fsp3) is 0.0476. The third-order valence-electron chi connectivity index (χ3n) is 4.36. The van der Waals surface area contributed by atoms with Crippen molar-refractivity contribution in [2.75, 3.05) is 5.43 Å². The number of benzene rings is 3. The van der Waals surface area contributed by atoms with Crippen LogP contribution in [0, 0.1) is 10.1 Å². The number of nitrogens with one attached hydrogen (secondary N) is 1. The highest BCUT2D eigenvalue weighted by atomic mass is 32.1. The smallest absolute Gasteiger partial charge is 0.258 e. The van der Waals surface area contributed by atoms with Gasteiger partial charge in [0.2, 0.25) is 5.13 Å². The maximum Gasteiger partial charge on any atom is 0.269 e. The van der Waals surface area contributed by atoms with Crippen LogP contribution < -0.4 is 5.43 Å². The molecule has 6 nitrogen and oxygen atoms in total. The summed E-state index contributed by atoms with van der Waals surface area (Å²) >= 11 is 1.43. The van der Waals surface area contributed by atoms with Gasteiger partial charge in [-0.15, -0.1) is 11.3 Å². The Morgan fingerprint density at radius 2 is 1.82 bits per heavy atom. The van der Waals surface area contributed by atoms with E-state index in [2.05, 4.69) is 39.8 Å². The summed E-state index contributed by atoms with van der Waals surface area (Å²) in [6.07, 6.45) is 0. The number of fused-ring (bicyclic) bond motifs is 1. The van der Waals surface area contributed by atoms with Crippen molar-refractivity contribution in [3.63, 3.8) is 0 Å². The first-order valence-corrected chi connectivity index (χ1v) is 9.48. The van der Waals surface area contributed by atoms with Crippen molar-refractivity contribution in [1.82, 2.24) is 4.98 Å². The van der Waals surface area contributed by atoms with Gasteiger partial charge in [-0.05, 0) is 41.5 Å². The van der Waals surface area contributed by atoms with Crippen LogP contribution in [0.3, 0.4) is 0 Å². The van der Waals surface area contributed by atoms with Crippen molar-refractivity contribution in [3.05, 3.63) is 87.8 Å². The summed E-state index contributed by atoms with van der Waals surface area (Å²) in [4.78, 5) is 14.8. The summed E-state index contributed by atoms with van der Waals surface area (Å²) < 4.78 is 0. The highest BCUT2D eigenvalue weighted by Crippen LogP contribution is 2.26. The largest absolute Gasteiger partial charge is 0.269 e. The Hall–Kier alpha value is -3.58. The van der Waals surface area contributed by atoms with Gasteiger partial charge in [0.15, 0.2) is 0 Å². The molecule has 28 heavy (non-hydrogen) atoms. The van der Waals surface area contributed by atoms with Crippen LogP contribution in [0.5, 0.6) is 0 Å². The lowest BCUT2D eigenvalue weighted by Gasteiger charge is -2.04. The van der Waals surface area contributed by atoms with Crippen LogP contribution in [0.4, 0.5) is 10.8 Å². The number of hydrogen-bond acceptors (Lipinski definition) is 6. The van der Waals surface area contributed by atoms with Gasteiger partial charge in [-0.3, -0.25) is 15.5 Å². The zero-order valence-electron chi connectivity index (χ0n) is 15.0. The molecule has 0 fully saturated rings. The lowest BCUT2D eigenvalue weighted by molar-refractivity contribution is -0.384. The molecule has 4 rings (SSSR count). The number of nitrogens with zero attached hydrogens (tertiary/aromatic N) is 3. The molecule has 138 valence electrons. The van der Waals surface area contributed by atoms with E-state index in [9.17, 15) is 10.1 Å². The van der Waals surface area contributed by atoms with Crippen molar-refractivity contribution in [2.45, 2.75) is 6.92 Å². The molecule has 1 heterocycles. The van der Waals surface area contributed by atoms with E-state index in [1.54, 1.807) is 12.1 Å². The third kappa shape index (κ3) is 3.74. The van der Waals surface area contributed by atoms with Gasteiger partial charge in [-0.1, -0.05) is 36.4 Å². The molecule has 7 heteroatoms. The van der Waals surface area contributed by atoms with Gasteiger partial charge in [0, 0.05) is 23.1 Å². The molecule has 0 bridgehead atoms. The van der Waals surface area contributed by atoms with Crippen LogP contribution in [0.25, 0.3) is 22.0 Å². The van der Waals surface area contributed by atoms with Crippen molar-refractivity contribution in [2.24, 2.45) is 5.10 Å². The van der Waals surface area contributed by atoms with Crippen LogP contribution in [-0.2, 0) is 0 Å². The fourth-order valence-electron chi connectivity index (χ4n) is 2.82. The topological polar surface area (TPSA) is 80.4 Å². The summed E-state index contributed by atoms with van der Waals surface area (Å²) in [5.41, 5.74) is 6.54. The molecular weight excluding hydrogens is 372 g/mol. The number of thiazole rings is 1. The average Bonchev–Trinajstić information content (AvgIpc) is 3.21. The summed E-state index contributed by atoms with van der Waals surface area (Å²) in [7, 11) is 0. The monoisotopic (exact) mass is 388 g/mol. The quantitative estimate of drug-likeness (QED) is 0.270. The second-order valence-electron chi connectivity index (χ2n) is 6.21. The Morgan fingerprint density at radius 3 is 2.57 bits per heavy atom. The molecule has 3 aromatic carbocycles. The van der Waals surface area contributed by atoms with Gasteiger partial charge in [0.25, 0.3) is 5.69 Å². The van der Waals surface area contributed by atoms with Crippen molar-refractivity contribution < 1.29 is 4.92 Å². The van der Waals surface area contributed by atoms with E-state index in [1.807, 2.05) is 30.5 Å². The first-order valence-electron chi connectivity index (χ1n) is 8.60. The van der Waals surface area contributed by atoms with Gasteiger partial charge < -0.3 is 0 Å². The summed E-state index contributed by atoms with van der Waals surface area (Å²) in [5.74, 6) is 0. The minimum Gasteiger partial charge on any atom is -0.258 e. The minimum atomic E-state index is -0.415. The van der Waals surface area contributed by atoms with Gasteiger partial charge >= 0.3 is 0 Å². The number of hydrazone groups is 1. The van der Waals surface area contributed by atoms with E-state index in [0.29, 0.717) is 5.13 Å². The van der Waals surface area contributed by atoms with Gasteiger partial charge in [-0.2, -0.15) is 5.10 Å². The molecule has 0 aliphatic rings. The van der Waals surface area contributed by atoms with Crippen LogP contribution >= 0.6 is 11.3 Å². The van der Waals surface area contributed by atoms with E-state index < -0.39 is 4.92 Å². The lowest BCUT2D eigenvalue weighted by Crippen LogP contribution is -1.99. The molecule has 0 saturated heterocycles. The number of anilines is 1. The van der Waals surface area contributed by atoms with Crippen LogP contribution in [-0.4, -0.2) is 15.6 Å². The molecular formula is C21H16N4O2S. The number of nitro benzene ring substituents is 1. The Bertz CT molecular complexity index is 1180. The number of aromatic nitrogens is 1. The molecule has 0 aliphatic carbocycles. The van der Waals surface area contributed by atoms with Crippen LogP contribution in [0.1, 0.15) is 12.5 Å². The van der Waals surface area contributed by atoms with E-state index >= 15 is 0 Å². The zero-order valence-corrected chi connectivity index (χ0v) is 15.8. The molecule has 0 unspecified atom stereocenters. The molecule has 0 spiro atoms. The van der Waals surface area contributed by atoms with E-state index in [-0.39, 0.29) is 5.69 Å². The SMILES string of the molecule is C/C(=N\Nc1nc(-c2ccc([N+](=O)[O-])cc2)cs1)c1ccc2ccccc2c1. The maximum absolute atomic E-state index is 10.8. The van der Waals surface area contributed by atoms with Crippen molar-refractivity contribution in [1.29, 1.82) is 0 Å². The third-order valence-corrected chi connectivity index (χ3v) is 5.11. The first-order chi connectivity index (χ1) is 13.6. The van der Waals surface area contributed by atoms with E-state index in [0.717, 1.165) is 22.5 Å². The lowest BCUT2D eigenvalue weighted by atomic mass is 10.0. The fourth-order valence-corrected chi connectivity index (χ4v) is 3.48. The summed E-state index contributed by atoms with van der Waals surface area (Å²) in [5, 5.41) is 20.1. The molecule has 0 aliphatic heterocycles. The number of nitro groups is 1. The Kier molecular flexibility index (Phi) is 4.82. The predicted molar refractivity (Wildman–Crippen MR) is 114 cm³/mol. The van der Waals surface area contributed by atoms with Crippen LogP contribution in [0.2, 0.25) is 0 Å². The average molecular weight is 388 g/mol. The molecule has 4 aromatic rings. The number of hydrogen-bond donors (Lipinski definition) is 1. The Balaban J connectivity index is 1.50. The summed E-state index contributed by atoms with van der Waals surface area (Å²) in [6.45, 7) is 1.95. The van der Waals surface area contributed by atoms with Crippen molar-refractivity contribution in [3.8, 4) is 11.3 Å². The molecule has 0 atom stereocenters. The Labute approximate surface area is 165 Å². The van der Waals surface area contributed by atoms with Gasteiger partial charge in [-0.25, -0.2) is 4.98 Å². The number of non-ortho nitro benzene ring substituents is 1. The first kappa shape index (κ1) is 17.8. The number of rotatable bonds is 5. The molecule has 0 amide bonds. The molecule has 0 saturated carbocycles. The van der Waals surface area contributed by atoms with Gasteiger partial charge in [0.1, 0.15) is 0 Å². The summed E-state index contributed by atoms with van der Waals surface area (Å²) in [6, 6.07) is 20.8. The van der Waals surface area contributed by atoms with E-state index in [1.165, 1.54) is 34.2 Å². The molecule has 1 N–H and O–H groups in total. The second-order valence-corrected chi connectivity index (χ2v) is 7.07. The minimum absolute atomic E-state index is 0.0629. The standard InChI is InChI=1S/C21H16N4O2S/c1-14(17-7-6-15-4-2-3-5-18(15)12-17)23-24-21-22-20(13-28-21)16-8-10-19(11-9-16)25(26)27/h2-13H,1H3,(H,22,24)/b23-14+. The maximum atomic E-state index is 10.8. The Morgan fingerprint density at radius 1 is 1.07 bits per heavy atom. The van der Waals surface area contributed by atoms with Gasteiger partial charge in [0.05, 0.1) is 16.3 Å². The molecule has 1 aromatic heterocycles. The highest BCUT2D eigenvalue weighted by Gasteiger charge is 2.08. The second kappa shape index (κ2) is 7.58. The zero-order chi connectivity index (χ0) is 19.5. The van der Waals surface area contributed by atoms with E-state index in [4.69, 9.17) is 0 Å². The predicted octanol–water partition coefficient (Wildman–Crippen LogP) is 5.71. The van der Waals surface area contributed by atoms with Crippen LogP contribution in [0.15, 0.2) is 77.2 Å². The molecule has 0 radical (unpaired) electrons. The van der Waals surface area contributed by atoms with Crippen molar-refractivity contribution >= 4 is 38.6 Å².